The first kappa shape index (κ1) is 12.2. The minimum absolute atomic E-state index is 0.226. The third-order valence-corrected chi connectivity index (χ3v) is 2.58. The topological polar surface area (TPSA) is 44.5 Å². The van der Waals surface area contributed by atoms with Crippen LogP contribution < -0.4 is 15.2 Å². The highest BCUT2D eigenvalue weighted by Gasteiger charge is 2.21. The van der Waals surface area contributed by atoms with Gasteiger partial charge in [-0.3, -0.25) is 0 Å². The predicted molar refractivity (Wildman–Crippen MR) is 64.0 cm³/mol. The van der Waals surface area contributed by atoms with Gasteiger partial charge < -0.3 is 15.2 Å². The summed E-state index contributed by atoms with van der Waals surface area (Å²) in [5.74, 6) is 0.366. The van der Waals surface area contributed by atoms with E-state index in [0.717, 1.165) is 6.42 Å². The van der Waals surface area contributed by atoms with Gasteiger partial charge in [0.15, 0.2) is 17.3 Å². The molecule has 3 nitrogen and oxygen atoms in total. The number of ether oxygens (including phenoxy) is 2. The Labute approximate surface area is 101 Å². The van der Waals surface area contributed by atoms with Crippen LogP contribution in [-0.4, -0.2) is 18.8 Å². The molecule has 2 rings (SSSR count). The van der Waals surface area contributed by atoms with E-state index in [0.29, 0.717) is 30.9 Å². The summed E-state index contributed by atoms with van der Waals surface area (Å²) in [5.41, 5.74) is 6.03. The van der Waals surface area contributed by atoms with Crippen LogP contribution in [0.25, 0.3) is 0 Å². The van der Waals surface area contributed by atoms with Gasteiger partial charge in [-0.1, -0.05) is 6.07 Å². The van der Waals surface area contributed by atoms with Crippen molar-refractivity contribution in [1.29, 1.82) is 0 Å². The van der Waals surface area contributed by atoms with Crippen molar-refractivity contribution in [2.24, 2.45) is 5.73 Å². The number of hydrogen-bond donors (Lipinski definition) is 1. The zero-order valence-corrected chi connectivity index (χ0v) is 10.3. The van der Waals surface area contributed by atoms with Gasteiger partial charge in [-0.25, -0.2) is 4.39 Å². The number of hydrogen-bond acceptors (Lipinski definition) is 3. The first-order valence-corrected chi connectivity index (χ1v) is 5.83. The van der Waals surface area contributed by atoms with Gasteiger partial charge in [-0.05, 0) is 31.9 Å². The molecule has 0 saturated carbocycles. The maximum Gasteiger partial charge on any atom is 0.197 e. The zero-order chi connectivity index (χ0) is 12.5. The maximum atomic E-state index is 14.2. The summed E-state index contributed by atoms with van der Waals surface area (Å²) >= 11 is 0. The summed E-state index contributed by atoms with van der Waals surface area (Å²) in [4.78, 5) is 0. The molecule has 0 atom stereocenters. The average molecular weight is 239 g/mol. The normalized spacial score (nSPS) is 15.5. The second-order valence-corrected chi connectivity index (χ2v) is 5.08. The Bertz CT molecular complexity index is 413. The fourth-order valence-corrected chi connectivity index (χ4v) is 1.87. The lowest BCUT2D eigenvalue weighted by atomic mass is 9.95. The van der Waals surface area contributed by atoms with E-state index in [1.54, 1.807) is 12.1 Å². The van der Waals surface area contributed by atoms with Crippen molar-refractivity contribution in [2.75, 3.05) is 13.2 Å². The molecule has 4 heteroatoms. The van der Waals surface area contributed by atoms with E-state index in [4.69, 9.17) is 15.2 Å². The van der Waals surface area contributed by atoms with E-state index >= 15 is 0 Å². The quantitative estimate of drug-likeness (QED) is 0.861. The molecule has 0 saturated heterocycles. The Balaban J connectivity index is 2.34. The third kappa shape index (κ3) is 2.88. The molecule has 0 fully saturated rings. The van der Waals surface area contributed by atoms with Crippen molar-refractivity contribution in [2.45, 2.75) is 32.2 Å². The van der Waals surface area contributed by atoms with Crippen LogP contribution in [0.4, 0.5) is 4.39 Å². The molecule has 1 aliphatic heterocycles. The lowest BCUT2D eigenvalue weighted by molar-refractivity contribution is 0.291. The molecular formula is C13H18FNO2. The van der Waals surface area contributed by atoms with Crippen LogP contribution in [0.15, 0.2) is 12.1 Å². The highest BCUT2D eigenvalue weighted by atomic mass is 19.1. The Kier molecular flexibility index (Phi) is 3.24. The fourth-order valence-electron chi connectivity index (χ4n) is 1.87. The molecule has 1 aliphatic rings. The minimum Gasteiger partial charge on any atom is -0.489 e. The maximum absolute atomic E-state index is 14.2. The van der Waals surface area contributed by atoms with Crippen molar-refractivity contribution in [3.8, 4) is 11.5 Å². The molecule has 0 aliphatic carbocycles. The van der Waals surface area contributed by atoms with Crippen LogP contribution >= 0.6 is 0 Å². The van der Waals surface area contributed by atoms with Gasteiger partial charge >= 0.3 is 0 Å². The summed E-state index contributed by atoms with van der Waals surface area (Å²) in [6.07, 6.45) is 1.24. The number of fused-ring (bicyclic) bond motifs is 1. The average Bonchev–Trinajstić information content (AvgIpc) is 2.46. The van der Waals surface area contributed by atoms with E-state index in [9.17, 15) is 4.39 Å². The summed E-state index contributed by atoms with van der Waals surface area (Å²) in [7, 11) is 0. The standard InChI is InChI=1S/C13H18FNO2/c1-13(2,15)8-9-4-5-10-12(11(9)14)17-7-3-6-16-10/h4-5H,3,6-8,15H2,1-2H3. The Morgan fingerprint density at radius 1 is 1.29 bits per heavy atom. The van der Waals surface area contributed by atoms with E-state index in [1.165, 1.54) is 0 Å². The van der Waals surface area contributed by atoms with Gasteiger partial charge in [0.05, 0.1) is 13.2 Å². The molecule has 2 N–H and O–H groups in total. The third-order valence-electron chi connectivity index (χ3n) is 2.58. The van der Waals surface area contributed by atoms with Gasteiger partial charge in [-0.15, -0.1) is 0 Å². The molecular weight excluding hydrogens is 221 g/mol. The fraction of sp³-hybridized carbons (Fsp3) is 0.538. The molecule has 1 aromatic carbocycles. The van der Waals surface area contributed by atoms with Crippen molar-refractivity contribution in [3.63, 3.8) is 0 Å². The smallest absolute Gasteiger partial charge is 0.197 e. The first-order valence-electron chi connectivity index (χ1n) is 5.83. The molecule has 1 heterocycles. The summed E-state index contributed by atoms with van der Waals surface area (Å²) in [6.45, 7) is 4.79. The van der Waals surface area contributed by atoms with E-state index in [-0.39, 0.29) is 11.6 Å². The molecule has 0 spiro atoms. The molecule has 0 amide bonds. The number of halogens is 1. The van der Waals surface area contributed by atoms with Crippen molar-refractivity contribution in [1.82, 2.24) is 0 Å². The monoisotopic (exact) mass is 239 g/mol. The van der Waals surface area contributed by atoms with Crippen LogP contribution in [0, 0.1) is 5.82 Å². The molecule has 94 valence electrons. The highest BCUT2D eigenvalue weighted by molar-refractivity contribution is 5.45. The van der Waals surface area contributed by atoms with Crippen LogP contribution in [0.2, 0.25) is 0 Å². The lowest BCUT2D eigenvalue weighted by Crippen LogP contribution is -2.34. The molecule has 0 bridgehead atoms. The Hall–Kier alpha value is -1.29. The van der Waals surface area contributed by atoms with E-state index < -0.39 is 5.54 Å². The minimum atomic E-state index is -0.444. The van der Waals surface area contributed by atoms with Crippen molar-refractivity contribution < 1.29 is 13.9 Å². The van der Waals surface area contributed by atoms with Gasteiger partial charge in [0.2, 0.25) is 0 Å². The second-order valence-electron chi connectivity index (χ2n) is 5.08. The largest absolute Gasteiger partial charge is 0.489 e. The SMILES string of the molecule is CC(C)(N)Cc1ccc2c(c1F)OCCCO2. The van der Waals surface area contributed by atoms with Gasteiger partial charge in [0.1, 0.15) is 0 Å². The van der Waals surface area contributed by atoms with Gasteiger partial charge in [0.25, 0.3) is 0 Å². The number of nitrogens with two attached hydrogens (primary N) is 1. The van der Waals surface area contributed by atoms with Crippen LogP contribution in [0.1, 0.15) is 25.8 Å². The number of benzene rings is 1. The van der Waals surface area contributed by atoms with Crippen LogP contribution in [-0.2, 0) is 6.42 Å². The molecule has 17 heavy (non-hydrogen) atoms. The van der Waals surface area contributed by atoms with Gasteiger partial charge in [-0.2, -0.15) is 0 Å². The summed E-state index contributed by atoms with van der Waals surface area (Å²) in [6, 6.07) is 3.47. The highest BCUT2D eigenvalue weighted by Crippen LogP contribution is 2.35. The summed E-state index contributed by atoms with van der Waals surface area (Å²) < 4.78 is 25.0. The lowest BCUT2D eigenvalue weighted by Gasteiger charge is -2.20. The first-order chi connectivity index (χ1) is 7.97. The van der Waals surface area contributed by atoms with E-state index in [2.05, 4.69) is 0 Å². The van der Waals surface area contributed by atoms with Crippen LogP contribution in [0.3, 0.4) is 0 Å². The Morgan fingerprint density at radius 2 is 2.00 bits per heavy atom. The molecule has 1 aromatic rings. The van der Waals surface area contributed by atoms with Crippen LogP contribution in [0.5, 0.6) is 11.5 Å². The second kappa shape index (κ2) is 4.53. The zero-order valence-electron chi connectivity index (χ0n) is 10.3. The molecule has 0 aromatic heterocycles. The summed E-state index contributed by atoms with van der Waals surface area (Å²) in [5, 5.41) is 0. The Morgan fingerprint density at radius 3 is 2.71 bits per heavy atom. The van der Waals surface area contributed by atoms with Crippen molar-refractivity contribution >= 4 is 0 Å². The predicted octanol–water partition coefficient (Wildman–Crippen LogP) is 2.27. The van der Waals surface area contributed by atoms with Crippen molar-refractivity contribution in [3.05, 3.63) is 23.5 Å². The van der Waals surface area contributed by atoms with E-state index in [1.807, 2.05) is 13.8 Å². The van der Waals surface area contributed by atoms with Gasteiger partial charge in [0, 0.05) is 12.0 Å². The molecule has 0 radical (unpaired) electrons. The molecule has 0 unspecified atom stereocenters. The number of rotatable bonds is 2.